The Hall–Kier alpha value is -0.960. The maximum Gasteiger partial charge on any atom is 0.126 e. The molecule has 82 valence electrons. The van der Waals surface area contributed by atoms with Crippen LogP contribution < -0.4 is 5.32 Å². The van der Waals surface area contributed by atoms with Crippen LogP contribution in [0.4, 0.5) is 8.78 Å². The first kappa shape index (κ1) is 10.6. The van der Waals surface area contributed by atoms with Gasteiger partial charge in [-0.1, -0.05) is 0 Å². The van der Waals surface area contributed by atoms with E-state index in [1.54, 1.807) is 0 Å². The second-order valence-electron chi connectivity index (χ2n) is 4.07. The minimum absolute atomic E-state index is 0.297. The monoisotopic (exact) mass is 211 g/mol. The molecule has 0 radical (unpaired) electrons. The van der Waals surface area contributed by atoms with Crippen molar-refractivity contribution in [3.8, 4) is 0 Å². The van der Waals surface area contributed by atoms with Gasteiger partial charge >= 0.3 is 0 Å². The normalized spacial score (nSPS) is 20.8. The molecule has 1 heterocycles. The fraction of sp³-hybridized carbons (Fsp3) is 0.500. The molecular weight excluding hydrogens is 196 g/mol. The standard InChI is InChI=1S/C12H15F2N/c13-10-4-6-12(14)9(8-10)3-5-11-2-1-7-15-11/h4,6,8,11,15H,1-3,5,7H2. The minimum atomic E-state index is -0.356. The summed E-state index contributed by atoms with van der Waals surface area (Å²) in [6.45, 7) is 1.05. The SMILES string of the molecule is Fc1ccc(F)c(CCC2CCCN2)c1. The first-order valence-corrected chi connectivity index (χ1v) is 5.43. The summed E-state index contributed by atoms with van der Waals surface area (Å²) in [6, 6.07) is 4.14. The predicted octanol–water partition coefficient (Wildman–Crippen LogP) is 2.65. The van der Waals surface area contributed by atoms with Gasteiger partial charge < -0.3 is 5.32 Å². The average molecular weight is 211 g/mol. The molecule has 1 aromatic carbocycles. The molecule has 0 aliphatic carbocycles. The third-order valence-corrected chi connectivity index (χ3v) is 2.93. The Morgan fingerprint density at radius 1 is 1.33 bits per heavy atom. The Kier molecular flexibility index (Phi) is 3.31. The topological polar surface area (TPSA) is 12.0 Å². The summed E-state index contributed by atoms with van der Waals surface area (Å²) in [5.41, 5.74) is 0.490. The van der Waals surface area contributed by atoms with Crippen molar-refractivity contribution in [1.29, 1.82) is 0 Å². The van der Waals surface area contributed by atoms with Crippen molar-refractivity contribution >= 4 is 0 Å². The third kappa shape index (κ3) is 2.75. The van der Waals surface area contributed by atoms with Gasteiger partial charge in [-0.05, 0) is 56.0 Å². The van der Waals surface area contributed by atoms with Crippen LogP contribution in [0.1, 0.15) is 24.8 Å². The molecule has 3 heteroatoms. The van der Waals surface area contributed by atoms with Crippen LogP contribution in [-0.4, -0.2) is 12.6 Å². The van der Waals surface area contributed by atoms with E-state index in [2.05, 4.69) is 5.32 Å². The fourth-order valence-corrected chi connectivity index (χ4v) is 2.07. The summed E-state index contributed by atoms with van der Waals surface area (Å²) < 4.78 is 26.1. The number of hydrogen-bond acceptors (Lipinski definition) is 1. The quantitative estimate of drug-likeness (QED) is 0.810. The Morgan fingerprint density at radius 3 is 2.93 bits per heavy atom. The largest absolute Gasteiger partial charge is 0.314 e. The molecule has 0 spiro atoms. The van der Waals surface area contributed by atoms with Crippen LogP contribution in [0.15, 0.2) is 18.2 Å². The van der Waals surface area contributed by atoms with Crippen molar-refractivity contribution in [2.45, 2.75) is 31.7 Å². The molecule has 0 bridgehead atoms. The number of halogens is 2. The van der Waals surface area contributed by atoms with Gasteiger partial charge in [0, 0.05) is 6.04 Å². The van der Waals surface area contributed by atoms with Crippen LogP contribution in [0, 0.1) is 11.6 Å². The molecule has 0 saturated carbocycles. The van der Waals surface area contributed by atoms with Crippen molar-refractivity contribution in [2.75, 3.05) is 6.54 Å². The maximum absolute atomic E-state index is 13.3. The van der Waals surface area contributed by atoms with E-state index in [0.29, 0.717) is 18.0 Å². The van der Waals surface area contributed by atoms with E-state index < -0.39 is 0 Å². The molecule has 1 atom stereocenters. The zero-order valence-corrected chi connectivity index (χ0v) is 8.60. The molecule has 1 fully saturated rings. The number of aryl methyl sites for hydroxylation is 1. The van der Waals surface area contributed by atoms with E-state index in [0.717, 1.165) is 25.5 Å². The zero-order valence-electron chi connectivity index (χ0n) is 8.60. The van der Waals surface area contributed by atoms with Crippen molar-refractivity contribution in [3.63, 3.8) is 0 Å². The molecule has 1 aliphatic heterocycles. The summed E-state index contributed by atoms with van der Waals surface area (Å²) in [5, 5.41) is 3.34. The van der Waals surface area contributed by atoms with E-state index in [1.807, 2.05) is 0 Å². The third-order valence-electron chi connectivity index (χ3n) is 2.93. The van der Waals surface area contributed by atoms with Crippen molar-refractivity contribution in [1.82, 2.24) is 5.32 Å². The van der Waals surface area contributed by atoms with Crippen molar-refractivity contribution in [3.05, 3.63) is 35.4 Å². The number of benzene rings is 1. The van der Waals surface area contributed by atoms with Gasteiger partial charge in [0.05, 0.1) is 0 Å². The summed E-state index contributed by atoms with van der Waals surface area (Å²) in [6.07, 6.45) is 3.84. The second kappa shape index (κ2) is 4.71. The van der Waals surface area contributed by atoms with Gasteiger partial charge in [0.15, 0.2) is 0 Å². The van der Waals surface area contributed by atoms with Gasteiger partial charge in [-0.25, -0.2) is 8.78 Å². The number of hydrogen-bond donors (Lipinski definition) is 1. The summed E-state index contributed by atoms with van der Waals surface area (Å²) in [4.78, 5) is 0. The molecule has 0 amide bonds. The van der Waals surface area contributed by atoms with Gasteiger partial charge in [0.25, 0.3) is 0 Å². The highest BCUT2D eigenvalue weighted by atomic mass is 19.1. The summed E-state index contributed by atoms with van der Waals surface area (Å²) in [5.74, 6) is -0.653. The smallest absolute Gasteiger partial charge is 0.126 e. The Balaban J connectivity index is 1.94. The lowest BCUT2D eigenvalue weighted by atomic mass is 10.0. The zero-order chi connectivity index (χ0) is 10.7. The van der Waals surface area contributed by atoms with Gasteiger partial charge in [0.1, 0.15) is 11.6 Å². The van der Waals surface area contributed by atoms with Crippen LogP contribution >= 0.6 is 0 Å². The van der Waals surface area contributed by atoms with E-state index >= 15 is 0 Å². The molecule has 0 aromatic heterocycles. The lowest BCUT2D eigenvalue weighted by Crippen LogP contribution is -2.21. The van der Waals surface area contributed by atoms with Crippen molar-refractivity contribution in [2.24, 2.45) is 0 Å². The van der Waals surface area contributed by atoms with Crippen LogP contribution in [0.5, 0.6) is 0 Å². The minimum Gasteiger partial charge on any atom is -0.314 e. The Bertz CT molecular complexity index is 332. The molecule has 1 saturated heterocycles. The van der Waals surface area contributed by atoms with E-state index in [4.69, 9.17) is 0 Å². The molecular formula is C12H15F2N. The lowest BCUT2D eigenvalue weighted by molar-refractivity contribution is 0.536. The second-order valence-corrected chi connectivity index (χ2v) is 4.07. The Morgan fingerprint density at radius 2 is 2.20 bits per heavy atom. The highest BCUT2D eigenvalue weighted by Crippen LogP contribution is 2.16. The predicted molar refractivity (Wildman–Crippen MR) is 55.7 cm³/mol. The van der Waals surface area contributed by atoms with E-state index in [1.165, 1.54) is 18.6 Å². The van der Waals surface area contributed by atoms with Gasteiger partial charge in [0.2, 0.25) is 0 Å². The van der Waals surface area contributed by atoms with Crippen LogP contribution in [0.3, 0.4) is 0 Å². The summed E-state index contributed by atoms with van der Waals surface area (Å²) >= 11 is 0. The molecule has 1 N–H and O–H groups in total. The van der Waals surface area contributed by atoms with Gasteiger partial charge in [-0.2, -0.15) is 0 Å². The molecule has 1 unspecified atom stereocenters. The molecule has 15 heavy (non-hydrogen) atoms. The van der Waals surface area contributed by atoms with Crippen LogP contribution in [0.2, 0.25) is 0 Å². The van der Waals surface area contributed by atoms with Gasteiger partial charge in [-0.15, -0.1) is 0 Å². The van der Waals surface area contributed by atoms with Crippen LogP contribution in [-0.2, 0) is 6.42 Å². The molecule has 2 rings (SSSR count). The van der Waals surface area contributed by atoms with E-state index in [9.17, 15) is 8.78 Å². The first-order chi connectivity index (χ1) is 7.25. The number of rotatable bonds is 3. The highest BCUT2D eigenvalue weighted by molar-refractivity contribution is 5.18. The average Bonchev–Trinajstić information content (AvgIpc) is 2.72. The highest BCUT2D eigenvalue weighted by Gasteiger charge is 2.14. The molecule has 1 aromatic rings. The summed E-state index contributed by atoms with van der Waals surface area (Å²) in [7, 11) is 0. The van der Waals surface area contributed by atoms with Crippen LogP contribution in [0.25, 0.3) is 0 Å². The van der Waals surface area contributed by atoms with Crippen molar-refractivity contribution < 1.29 is 8.78 Å². The molecule has 1 nitrogen and oxygen atoms in total. The lowest BCUT2D eigenvalue weighted by Gasteiger charge is -2.10. The first-order valence-electron chi connectivity index (χ1n) is 5.43. The Labute approximate surface area is 88.5 Å². The van der Waals surface area contributed by atoms with E-state index in [-0.39, 0.29) is 11.6 Å². The fourth-order valence-electron chi connectivity index (χ4n) is 2.07. The van der Waals surface area contributed by atoms with Gasteiger partial charge in [-0.3, -0.25) is 0 Å². The molecule has 1 aliphatic rings. The number of nitrogens with one attached hydrogen (secondary N) is 1. The maximum atomic E-state index is 13.3.